The Hall–Kier alpha value is -2.64. The second-order valence-electron chi connectivity index (χ2n) is 10.2. The summed E-state index contributed by atoms with van der Waals surface area (Å²) < 4.78 is 3.38. The number of piperidine rings is 1. The van der Waals surface area contributed by atoms with E-state index >= 15 is 0 Å². The Morgan fingerprint density at radius 1 is 1.11 bits per heavy atom. The highest BCUT2D eigenvalue weighted by Gasteiger charge is 2.21. The number of halogens is 1. The highest BCUT2D eigenvalue weighted by atomic mass is 35.5. The first-order chi connectivity index (χ1) is 16.7. The molecule has 188 valence electrons. The smallest absolute Gasteiger partial charge is 0.276 e. The first-order valence-corrected chi connectivity index (χ1v) is 12.9. The molecule has 4 rings (SSSR count). The molecule has 1 aromatic carbocycles. The van der Waals surface area contributed by atoms with E-state index in [4.69, 9.17) is 11.6 Å². The highest BCUT2D eigenvalue weighted by molar-refractivity contribution is 6.30. The Kier molecular flexibility index (Phi) is 7.97. The van der Waals surface area contributed by atoms with E-state index in [-0.39, 0.29) is 18.0 Å². The molecule has 0 unspecified atom stereocenters. The van der Waals surface area contributed by atoms with Crippen molar-refractivity contribution in [2.45, 2.75) is 53.6 Å². The van der Waals surface area contributed by atoms with Gasteiger partial charge in [0.2, 0.25) is 5.91 Å². The van der Waals surface area contributed by atoms with Crippen LogP contribution >= 0.6 is 11.6 Å². The van der Waals surface area contributed by atoms with E-state index in [1.165, 1.54) is 11.1 Å². The number of amides is 1. The van der Waals surface area contributed by atoms with Gasteiger partial charge in [0.1, 0.15) is 6.54 Å². The third-order valence-electron chi connectivity index (χ3n) is 7.07. The van der Waals surface area contributed by atoms with Gasteiger partial charge in [-0.05, 0) is 62.8 Å². The SMILES string of the molecule is Cc1c2cnn(CC(=O)NCCCN3C[C@@H](C)C[C@H](C)C3)c(=O)c2c(C)n1Cc1ccc(Cl)cc1. The summed E-state index contributed by atoms with van der Waals surface area (Å²) in [5, 5.41) is 9.39. The van der Waals surface area contributed by atoms with Crippen LogP contribution in [0.3, 0.4) is 0 Å². The molecular formula is C27H36ClN5O2. The van der Waals surface area contributed by atoms with Crippen LogP contribution in [0.4, 0.5) is 0 Å². The van der Waals surface area contributed by atoms with Gasteiger partial charge >= 0.3 is 0 Å². The Bertz CT molecular complexity index is 1240. The molecule has 0 radical (unpaired) electrons. The van der Waals surface area contributed by atoms with Crippen LogP contribution in [0.25, 0.3) is 10.8 Å². The quantitative estimate of drug-likeness (QED) is 0.477. The molecule has 1 saturated heterocycles. The Morgan fingerprint density at radius 2 is 1.80 bits per heavy atom. The van der Waals surface area contributed by atoms with Gasteiger partial charge in [-0.2, -0.15) is 5.10 Å². The average molecular weight is 498 g/mol. The molecule has 3 heterocycles. The fraction of sp³-hybridized carbons (Fsp3) is 0.519. The van der Waals surface area contributed by atoms with Crippen molar-refractivity contribution in [3.05, 3.63) is 62.8 Å². The molecule has 0 spiro atoms. The fourth-order valence-corrected chi connectivity index (χ4v) is 5.59. The van der Waals surface area contributed by atoms with E-state index in [2.05, 4.69) is 33.7 Å². The largest absolute Gasteiger partial charge is 0.354 e. The van der Waals surface area contributed by atoms with Gasteiger partial charge in [0, 0.05) is 48.0 Å². The molecule has 1 N–H and O–H groups in total. The van der Waals surface area contributed by atoms with Crippen LogP contribution < -0.4 is 10.9 Å². The first-order valence-electron chi connectivity index (χ1n) is 12.5. The number of fused-ring (bicyclic) bond motifs is 1. The van der Waals surface area contributed by atoms with E-state index < -0.39 is 0 Å². The maximum atomic E-state index is 13.2. The van der Waals surface area contributed by atoms with E-state index in [9.17, 15) is 9.59 Å². The van der Waals surface area contributed by atoms with Crippen molar-refractivity contribution in [2.75, 3.05) is 26.2 Å². The van der Waals surface area contributed by atoms with Crippen molar-refractivity contribution in [2.24, 2.45) is 11.8 Å². The second-order valence-corrected chi connectivity index (χ2v) is 10.6. The maximum absolute atomic E-state index is 13.2. The average Bonchev–Trinajstić information content (AvgIpc) is 3.04. The van der Waals surface area contributed by atoms with E-state index in [0.717, 1.165) is 60.2 Å². The zero-order valence-electron chi connectivity index (χ0n) is 21.2. The number of carbonyl (C=O) groups excluding carboxylic acids is 1. The summed E-state index contributed by atoms with van der Waals surface area (Å²) in [4.78, 5) is 28.3. The van der Waals surface area contributed by atoms with E-state index in [0.29, 0.717) is 23.5 Å². The van der Waals surface area contributed by atoms with E-state index in [1.54, 1.807) is 6.20 Å². The molecule has 8 heteroatoms. The molecule has 1 amide bonds. The molecule has 2 aromatic heterocycles. The summed E-state index contributed by atoms with van der Waals surface area (Å²) in [6.45, 7) is 13.0. The molecule has 0 aliphatic carbocycles. The van der Waals surface area contributed by atoms with Crippen molar-refractivity contribution in [1.29, 1.82) is 0 Å². The zero-order chi connectivity index (χ0) is 25.1. The number of aromatic nitrogens is 3. The standard InChI is InChI=1S/C27H36ClN5O2/c1-18-12-19(2)15-31(14-18)11-5-10-29-25(34)17-33-27(35)26-21(4)32(20(3)24(26)13-30-33)16-22-6-8-23(28)9-7-22/h6-9,13,18-19H,5,10-12,14-17H2,1-4H3,(H,29,34)/t18-,19-/m0/s1. The predicted molar refractivity (Wildman–Crippen MR) is 141 cm³/mol. The topological polar surface area (TPSA) is 72.2 Å². The number of benzene rings is 1. The van der Waals surface area contributed by atoms with Crippen LogP contribution in [-0.2, 0) is 17.9 Å². The molecule has 0 saturated carbocycles. The fourth-order valence-electron chi connectivity index (χ4n) is 5.46. The van der Waals surface area contributed by atoms with Crippen LogP contribution in [0.15, 0.2) is 35.3 Å². The van der Waals surface area contributed by atoms with Gasteiger partial charge in [-0.3, -0.25) is 9.59 Å². The third-order valence-corrected chi connectivity index (χ3v) is 7.32. The Morgan fingerprint density at radius 3 is 2.49 bits per heavy atom. The summed E-state index contributed by atoms with van der Waals surface area (Å²) in [6.07, 6.45) is 3.89. The first kappa shape index (κ1) is 25.5. The van der Waals surface area contributed by atoms with Gasteiger partial charge < -0.3 is 14.8 Å². The van der Waals surface area contributed by atoms with Crippen molar-refractivity contribution in [3.8, 4) is 0 Å². The lowest BCUT2D eigenvalue weighted by Gasteiger charge is -2.34. The normalized spacial score (nSPS) is 18.8. The van der Waals surface area contributed by atoms with Crippen LogP contribution in [0, 0.1) is 25.7 Å². The van der Waals surface area contributed by atoms with Crippen molar-refractivity contribution in [1.82, 2.24) is 24.6 Å². The Labute approximate surface area is 212 Å². The van der Waals surface area contributed by atoms with Crippen LogP contribution in [0.5, 0.6) is 0 Å². The van der Waals surface area contributed by atoms with Crippen molar-refractivity contribution < 1.29 is 4.79 Å². The van der Waals surface area contributed by atoms with E-state index in [1.807, 2.05) is 38.1 Å². The lowest BCUT2D eigenvalue weighted by atomic mass is 9.92. The lowest BCUT2D eigenvalue weighted by Crippen LogP contribution is -2.40. The predicted octanol–water partition coefficient (Wildman–Crippen LogP) is 4.00. The zero-order valence-corrected chi connectivity index (χ0v) is 21.9. The van der Waals surface area contributed by atoms with Gasteiger partial charge in [0.25, 0.3) is 5.56 Å². The Balaban J connectivity index is 1.39. The second kappa shape index (κ2) is 11.0. The number of hydrogen-bond donors (Lipinski definition) is 1. The minimum Gasteiger partial charge on any atom is -0.354 e. The number of aryl methyl sites for hydroxylation is 2. The monoisotopic (exact) mass is 497 g/mol. The third kappa shape index (κ3) is 5.96. The number of nitrogens with zero attached hydrogens (tertiary/aromatic N) is 4. The van der Waals surface area contributed by atoms with Gasteiger partial charge in [-0.1, -0.05) is 37.6 Å². The number of hydrogen-bond acceptors (Lipinski definition) is 4. The van der Waals surface area contributed by atoms with Crippen molar-refractivity contribution in [3.63, 3.8) is 0 Å². The van der Waals surface area contributed by atoms with Crippen LogP contribution in [0.1, 0.15) is 43.6 Å². The summed E-state index contributed by atoms with van der Waals surface area (Å²) >= 11 is 6.01. The summed E-state index contributed by atoms with van der Waals surface area (Å²) in [5.74, 6) is 1.28. The molecule has 2 atom stereocenters. The molecule has 3 aromatic rings. The van der Waals surface area contributed by atoms with Crippen LogP contribution in [-0.4, -0.2) is 51.3 Å². The number of rotatable bonds is 8. The summed E-state index contributed by atoms with van der Waals surface area (Å²) in [7, 11) is 0. The maximum Gasteiger partial charge on any atom is 0.276 e. The van der Waals surface area contributed by atoms with Gasteiger partial charge in [-0.15, -0.1) is 0 Å². The minimum atomic E-state index is -0.232. The van der Waals surface area contributed by atoms with Gasteiger partial charge in [0.15, 0.2) is 0 Å². The van der Waals surface area contributed by atoms with Crippen LogP contribution in [0.2, 0.25) is 5.02 Å². The molecule has 1 aliphatic rings. The summed E-state index contributed by atoms with van der Waals surface area (Å²) in [5.41, 5.74) is 2.72. The molecule has 7 nitrogen and oxygen atoms in total. The van der Waals surface area contributed by atoms with Gasteiger partial charge in [0.05, 0.1) is 11.6 Å². The van der Waals surface area contributed by atoms with Gasteiger partial charge in [-0.25, -0.2) is 4.68 Å². The molecular weight excluding hydrogens is 462 g/mol. The lowest BCUT2D eigenvalue weighted by molar-refractivity contribution is -0.121. The molecule has 1 fully saturated rings. The number of nitrogens with one attached hydrogen (secondary N) is 1. The van der Waals surface area contributed by atoms with Crippen molar-refractivity contribution >= 4 is 28.3 Å². The highest BCUT2D eigenvalue weighted by Crippen LogP contribution is 2.24. The number of likely N-dealkylation sites (tertiary alicyclic amines) is 1. The number of carbonyl (C=O) groups is 1. The molecule has 1 aliphatic heterocycles. The minimum absolute atomic E-state index is 0.0760. The molecule has 0 bridgehead atoms. The summed E-state index contributed by atoms with van der Waals surface area (Å²) in [6, 6.07) is 7.70. The molecule has 35 heavy (non-hydrogen) atoms.